The first-order valence-electron chi connectivity index (χ1n) is 7.94. The third-order valence-corrected chi connectivity index (χ3v) is 5.25. The molecule has 2 aromatic carbocycles. The summed E-state index contributed by atoms with van der Waals surface area (Å²) in [4.78, 5) is 28.7. The Labute approximate surface area is 170 Å². The van der Waals surface area contributed by atoms with E-state index in [1.165, 1.54) is 7.05 Å². The molecule has 1 heterocycles. The zero-order chi connectivity index (χ0) is 19.6. The minimum absolute atomic E-state index is 0.130. The van der Waals surface area contributed by atoms with E-state index in [1.54, 1.807) is 30.3 Å². The molecule has 0 unspecified atom stereocenters. The maximum Gasteiger partial charge on any atom is 0.252 e. The van der Waals surface area contributed by atoms with Crippen LogP contribution in [0.4, 0.5) is 0 Å². The quantitative estimate of drug-likeness (QED) is 0.615. The molecule has 3 aromatic rings. The molecule has 0 aliphatic heterocycles. The van der Waals surface area contributed by atoms with Gasteiger partial charge in [-0.1, -0.05) is 53.0 Å². The van der Waals surface area contributed by atoms with E-state index in [4.69, 9.17) is 34.8 Å². The molecule has 5 nitrogen and oxygen atoms in total. The molecule has 27 heavy (non-hydrogen) atoms. The number of nitrogens with zero attached hydrogens (tertiary/aromatic N) is 1. The summed E-state index contributed by atoms with van der Waals surface area (Å²) in [5.74, 6) is -0.691. The molecule has 0 aliphatic rings. The SMILES string of the molecule is CNC(=O)CNC(=O)c1cc(-c2ccc(Cl)c(Cl)c2Cl)nc2ccccc12. The third-order valence-electron chi connectivity index (χ3n) is 3.96. The van der Waals surface area contributed by atoms with Crippen molar-refractivity contribution >= 4 is 57.5 Å². The predicted octanol–water partition coefficient (Wildman–Crippen LogP) is 4.34. The first-order chi connectivity index (χ1) is 12.9. The maximum absolute atomic E-state index is 12.7. The van der Waals surface area contributed by atoms with Crippen LogP contribution in [0.3, 0.4) is 0 Å². The van der Waals surface area contributed by atoms with Crippen LogP contribution >= 0.6 is 34.8 Å². The summed E-state index contributed by atoms with van der Waals surface area (Å²) in [5, 5.41) is 6.51. The lowest BCUT2D eigenvalue weighted by molar-refractivity contribution is -0.119. The minimum atomic E-state index is -0.394. The van der Waals surface area contributed by atoms with Crippen molar-refractivity contribution in [3.05, 3.63) is 63.1 Å². The fourth-order valence-electron chi connectivity index (χ4n) is 2.57. The lowest BCUT2D eigenvalue weighted by Crippen LogP contribution is -2.35. The van der Waals surface area contributed by atoms with Crippen molar-refractivity contribution in [2.45, 2.75) is 0 Å². The second-order valence-corrected chi connectivity index (χ2v) is 6.81. The predicted molar refractivity (Wildman–Crippen MR) is 109 cm³/mol. The van der Waals surface area contributed by atoms with E-state index >= 15 is 0 Å². The van der Waals surface area contributed by atoms with Gasteiger partial charge in [-0.2, -0.15) is 0 Å². The van der Waals surface area contributed by atoms with Gasteiger partial charge in [-0.05, 0) is 24.3 Å². The molecule has 0 fully saturated rings. The highest BCUT2D eigenvalue weighted by Gasteiger charge is 2.17. The number of hydrogen-bond acceptors (Lipinski definition) is 3. The number of halogens is 3. The highest BCUT2D eigenvalue weighted by atomic mass is 35.5. The molecule has 0 saturated carbocycles. The van der Waals surface area contributed by atoms with E-state index in [1.807, 2.05) is 12.1 Å². The normalized spacial score (nSPS) is 10.7. The summed E-state index contributed by atoms with van der Waals surface area (Å²) in [6.45, 7) is -0.130. The number of carbonyl (C=O) groups excluding carboxylic acids is 2. The van der Waals surface area contributed by atoms with E-state index in [0.717, 1.165) is 0 Å². The number of aromatic nitrogens is 1. The van der Waals surface area contributed by atoms with Gasteiger partial charge in [0, 0.05) is 18.0 Å². The van der Waals surface area contributed by atoms with Gasteiger partial charge in [0.15, 0.2) is 0 Å². The number of likely N-dealkylation sites (N-methyl/N-ethyl adjacent to an activating group) is 1. The molecule has 1 aromatic heterocycles. The van der Waals surface area contributed by atoms with Crippen LogP contribution in [-0.2, 0) is 4.79 Å². The lowest BCUT2D eigenvalue weighted by atomic mass is 10.0. The molecule has 0 aliphatic carbocycles. The summed E-state index contributed by atoms with van der Waals surface area (Å²) in [5.41, 5.74) is 2.02. The Kier molecular flexibility index (Phi) is 5.85. The number of carbonyl (C=O) groups is 2. The molecule has 3 rings (SSSR count). The van der Waals surface area contributed by atoms with Crippen molar-refractivity contribution in [3.63, 3.8) is 0 Å². The summed E-state index contributed by atoms with van der Waals surface area (Å²) in [6.07, 6.45) is 0. The molecule has 0 radical (unpaired) electrons. The molecule has 8 heteroatoms. The second-order valence-electron chi connectivity index (χ2n) is 5.65. The van der Waals surface area contributed by atoms with E-state index in [0.29, 0.717) is 32.7 Å². The van der Waals surface area contributed by atoms with Crippen LogP contribution < -0.4 is 10.6 Å². The van der Waals surface area contributed by atoms with Gasteiger partial charge in [-0.25, -0.2) is 4.98 Å². The Morgan fingerprint density at radius 1 is 1.04 bits per heavy atom. The molecule has 0 atom stereocenters. The largest absolute Gasteiger partial charge is 0.358 e. The number of hydrogen-bond donors (Lipinski definition) is 2. The number of pyridine rings is 1. The van der Waals surface area contributed by atoms with Crippen molar-refractivity contribution < 1.29 is 9.59 Å². The molecule has 138 valence electrons. The Hall–Kier alpha value is -2.34. The zero-order valence-corrected chi connectivity index (χ0v) is 16.4. The topological polar surface area (TPSA) is 71.1 Å². The van der Waals surface area contributed by atoms with Crippen LogP contribution in [0.15, 0.2) is 42.5 Å². The van der Waals surface area contributed by atoms with Gasteiger partial charge < -0.3 is 10.6 Å². The molecule has 0 bridgehead atoms. The van der Waals surface area contributed by atoms with Crippen LogP contribution in [0.25, 0.3) is 22.2 Å². The van der Waals surface area contributed by atoms with E-state index < -0.39 is 5.91 Å². The monoisotopic (exact) mass is 421 g/mol. The van der Waals surface area contributed by atoms with Gasteiger partial charge in [-0.3, -0.25) is 9.59 Å². The smallest absolute Gasteiger partial charge is 0.252 e. The van der Waals surface area contributed by atoms with E-state index in [-0.39, 0.29) is 22.5 Å². The zero-order valence-electron chi connectivity index (χ0n) is 14.1. The Morgan fingerprint density at radius 2 is 1.78 bits per heavy atom. The average molecular weight is 423 g/mol. The van der Waals surface area contributed by atoms with E-state index in [2.05, 4.69) is 15.6 Å². The van der Waals surface area contributed by atoms with Crippen LogP contribution in [0.2, 0.25) is 15.1 Å². The number of benzene rings is 2. The molecule has 0 spiro atoms. The third kappa shape index (κ3) is 4.00. The van der Waals surface area contributed by atoms with Gasteiger partial charge in [0.25, 0.3) is 5.91 Å². The highest BCUT2D eigenvalue weighted by molar-refractivity contribution is 6.49. The Morgan fingerprint density at radius 3 is 2.52 bits per heavy atom. The van der Waals surface area contributed by atoms with Crippen molar-refractivity contribution in [2.24, 2.45) is 0 Å². The van der Waals surface area contributed by atoms with Gasteiger partial charge in [0.2, 0.25) is 5.91 Å². The van der Waals surface area contributed by atoms with Crippen molar-refractivity contribution in [2.75, 3.05) is 13.6 Å². The number of nitrogens with one attached hydrogen (secondary N) is 2. The standard InChI is InChI=1S/C19H14Cl3N3O2/c1-23-16(26)9-24-19(27)12-8-15(25-14-5-3-2-4-10(12)14)11-6-7-13(20)18(22)17(11)21/h2-8H,9H2,1H3,(H,23,26)(H,24,27). The number of rotatable bonds is 4. The van der Waals surface area contributed by atoms with Gasteiger partial charge in [0.1, 0.15) is 0 Å². The van der Waals surface area contributed by atoms with Crippen molar-refractivity contribution in [1.29, 1.82) is 0 Å². The first-order valence-corrected chi connectivity index (χ1v) is 9.08. The van der Waals surface area contributed by atoms with Crippen LogP contribution in [0.5, 0.6) is 0 Å². The van der Waals surface area contributed by atoms with E-state index in [9.17, 15) is 9.59 Å². The van der Waals surface area contributed by atoms with Gasteiger partial charge in [0.05, 0.1) is 38.4 Å². The number of amides is 2. The molecule has 2 amide bonds. The first kappa shape index (κ1) is 19.4. The summed E-state index contributed by atoms with van der Waals surface area (Å²) >= 11 is 18.5. The summed E-state index contributed by atoms with van der Waals surface area (Å²) in [6, 6.07) is 12.1. The molecule has 2 N–H and O–H groups in total. The summed E-state index contributed by atoms with van der Waals surface area (Å²) < 4.78 is 0. The number of fused-ring (bicyclic) bond motifs is 1. The molecular weight excluding hydrogens is 409 g/mol. The Bertz CT molecular complexity index is 1050. The lowest BCUT2D eigenvalue weighted by Gasteiger charge is -2.12. The van der Waals surface area contributed by atoms with Crippen molar-refractivity contribution in [1.82, 2.24) is 15.6 Å². The highest BCUT2D eigenvalue weighted by Crippen LogP contribution is 2.38. The van der Waals surface area contributed by atoms with Gasteiger partial charge >= 0.3 is 0 Å². The van der Waals surface area contributed by atoms with Crippen LogP contribution in [0, 0.1) is 0 Å². The molecular formula is C19H14Cl3N3O2. The fourth-order valence-corrected chi connectivity index (χ4v) is 3.20. The summed E-state index contributed by atoms with van der Waals surface area (Å²) in [7, 11) is 1.50. The second kappa shape index (κ2) is 8.13. The van der Waals surface area contributed by atoms with Gasteiger partial charge in [-0.15, -0.1) is 0 Å². The maximum atomic E-state index is 12.7. The average Bonchev–Trinajstić information content (AvgIpc) is 2.69. The fraction of sp³-hybridized carbons (Fsp3) is 0.105. The van der Waals surface area contributed by atoms with Crippen molar-refractivity contribution in [3.8, 4) is 11.3 Å². The van der Waals surface area contributed by atoms with Crippen LogP contribution in [0.1, 0.15) is 10.4 Å². The number of para-hydroxylation sites is 1. The minimum Gasteiger partial charge on any atom is -0.358 e. The Balaban J connectivity index is 2.13. The molecule has 0 saturated heterocycles. The van der Waals surface area contributed by atoms with Crippen LogP contribution in [-0.4, -0.2) is 30.4 Å².